The van der Waals surface area contributed by atoms with Crippen molar-refractivity contribution in [1.29, 1.82) is 0 Å². The van der Waals surface area contributed by atoms with Gasteiger partial charge in [-0.15, -0.1) is 0 Å². The number of aliphatic hydroxyl groups is 1. The number of benzene rings is 1. The molecule has 0 spiro atoms. The average Bonchev–Trinajstić information content (AvgIpc) is 2.43. The molecule has 2 N–H and O–H groups in total. The lowest BCUT2D eigenvalue weighted by atomic mass is 9.89. The molecule has 1 aromatic rings. The molecule has 1 atom stereocenters. The average molecular weight is 297 g/mol. The van der Waals surface area contributed by atoms with E-state index < -0.39 is 11.9 Å². The lowest BCUT2D eigenvalue weighted by Gasteiger charge is -2.21. The first-order valence-electron chi connectivity index (χ1n) is 7.15. The SMILES string of the molecule is CC(Oc1cccc(F)c1)C(=O)NCCCC(C)(C)CO. The third-order valence-electron chi connectivity index (χ3n) is 3.24. The molecule has 0 aromatic heterocycles. The number of carbonyl (C=O) groups is 1. The normalized spacial score (nSPS) is 12.8. The van der Waals surface area contributed by atoms with Crippen LogP contribution in [0.1, 0.15) is 33.6 Å². The zero-order valence-corrected chi connectivity index (χ0v) is 12.9. The summed E-state index contributed by atoms with van der Waals surface area (Å²) < 4.78 is 18.4. The molecular formula is C16H24FNO3. The van der Waals surface area contributed by atoms with Crippen molar-refractivity contribution in [3.63, 3.8) is 0 Å². The molecule has 0 saturated heterocycles. The van der Waals surface area contributed by atoms with Crippen molar-refractivity contribution in [2.24, 2.45) is 5.41 Å². The molecule has 0 saturated carbocycles. The Morgan fingerprint density at radius 1 is 1.48 bits per heavy atom. The Bertz CT molecular complexity index is 463. The molecule has 0 heterocycles. The Hall–Kier alpha value is -1.62. The van der Waals surface area contributed by atoms with E-state index in [2.05, 4.69) is 5.32 Å². The lowest BCUT2D eigenvalue weighted by molar-refractivity contribution is -0.127. The van der Waals surface area contributed by atoms with E-state index in [9.17, 15) is 9.18 Å². The van der Waals surface area contributed by atoms with Gasteiger partial charge in [-0.25, -0.2) is 4.39 Å². The summed E-state index contributed by atoms with van der Waals surface area (Å²) in [7, 11) is 0. The minimum atomic E-state index is -0.683. The Morgan fingerprint density at radius 3 is 2.81 bits per heavy atom. The van der Waals surface area contributed by atoms with Crippen LogP contribution in [-0.4, -0.2) is 30.3 Å². The van der Waals surface area contributed by atoms with Gasteiger partial charge >= 0.3 is 0 Å². The van der Waals surface area contributed by atoms with Crippen LogP contribution < -0.4 is 10.1 Å². The molecule has 1 aromatic carbocycles. The second kappa shape index (κ2) is 7.98. The maximum atomic E-state index is 13.0. The highest BCUT2D eigenvalue weighted by molar-refractivity contribution is 5.80. The third kappa shape index (κ3) is 6.58. The summed E-state index contributed by atoms with van der Waals surface area (Å²) >= 11 is 0. The van der Waals surface area contributed by atoms with E-state index >= 15 is 0 Å². The Balaban J connectivity index is 2.32. The summed E-state index contributed by atoms with van der Waals surface area (Å²) in [6, 6.07) is 5.71. The largest absolute Gasteiger partial charge is 0.481 e. The molecule has 21 heavy (non-hydrogen) atoms. The Labute approximate surface area is 125 Å². The van der Waals surface area contributed by atoms with E-state index in [0.29, 0.717) is 12.3 Å². The van der Waals surface area contributed by atoms with Gasteiger partial charge in [-0.05, 0) is 37.3 Å². The fraction of sp³-hybridized carbons (Fsp3) is 0.562. The molecular weight excluding hydrogens is 273 g/mol. The number of hydrogen-bond donors (Lipinski definition) is 2. The van der Waals surface area contributed by atoms with Crippen molar-refractivity contribution >= 4 is 5.91 Å². The van der Waals surface area contributed by atoms with Crippen LogP contribution in [0, 0.1) is 11.2 Å². The van der Waals surface area contributed by atoms with Crippen LogP contribution in [-0.2, 0) is 4.79 Å². The standard InChI is InChI=1S/C16H24FNO3/c1-12(21-14-7-4-6-13(17)10-14)15(20)18-9-5-8-16(2,3)11-19/h4,6-7,10,12,19H,5,8-9,11H2,1-3H3,(H,18,20). The number of aliphatic hydroxyl groups excluding tert-OH is 1. The third-order valence-corrected chi connectivity index (χ3v) is 3.24. The van der Waals surface area contributed by atoms with Crippen molar-refractivity contribution in [2.75, 3.05) is 13.2 Å². The summed E-state index contributed by atoms with van der Waals surface area (Å²) in [5.41, 5.74) is -0.131. The maximum Gasteiger partial charge on any atom is 0.260 e. The molecule has 0 fully saturated rings. The number of ether oxygens (including phenoxy) is 1. The van der Waals surface area contributed by atoms with Crippen LogP contribution in [0.2, 0.25) is 0 Å². The van der Waals surface area contributed by atoms with Crippen LogP contribution in [0.5, 0.6) is 5.75 Å². The summed E-state index contributed by atoms with van der Waals surface area (Å²) in [5.74, 6) is -0.300. The van der Waals surface area contributed by atoms with Crippen molar-refractivity contribution in [3.8, 4) is 5.75 Å². The quantitative estimate of drug-likeness (QED) is 0.725. The van der Waals surface area contributed by atoms with Crippen LogP contribution in [0.3, 0.4) is 0 Å². The van der Waals surface area contributed by atoms with Crippen LogP contribution in [0.25, 0.3) is 0 Å². The second-order valence-corrected chi connectivity index (χ2v) is 5.93. The highest BCUT2D eigenvalue weighted by Gasteiger charge is 2.17. The first-order valence-corrected chi connectivity index (χ1v) is 7.15. The fourth-order valence-corrected chi connectivity index (χ4v) is 1.80. The number of halogens is 1. The van der Waals surface area contributed by atoms with Crippen LogP contribution in [0.4, 0.5) is 4.39 Å². The van der Waals surface area contributed by atoms with E-state index in [1.165, 1.54) is 18.2 Å². The van der Waals surface area contributed by atoms with Gasteiger partial charge in [0.1, 0.15) is 11.6 Å². The highest BCUT2D eigenvalue weighted by Crippen LogP contribution is 2.20. The second-order valence-electron chi connectivity index (χ2n) is 5.93. The van der Waals surface area contributed by atoms with Crippen molar-refractivity contribution in [2.45, 2.75) is 39.7 Å². The van der Waals surface area contributed by atoms with E-state index in [1.807, 2.05) is 13.8 Å². The van der Waals surface area contributed by atoms with Gasteiger partial charge in [0.2, 0.25) is 0 Å². The molecule has 4 nitrogen and oxygen atoms in total. The summed E-state index contributed by atoms with van der Waals surface area (Å²) in [6.07, 6.45) is 0.923. The predicted octanol–water partition coefficient (Wildman–Crippen LogP) is 2.51. The minimum absolute atomic E-state index is 0.125. The number of rotatable bonds is 8. The first kappa shape index (κ1) is 17.4. The van der Waals surface area contributed by atoms with E-state index in [1.54, 1.807) is 13.0 Å². The number of amides is 1. The lowest BCUT2D eigenvalue weighted by Crippen LogP contribution is -2.37. The van der Waals surface area contributed by atoms with Gasteiger partial charge in [0, 0.05) is 19.2 Å². The van der Waals surface area contributed by atoms with Gasteiger partial charge < -0.3 is 15.2 Å². The summed E-state index contributed by atoms with van der Waals surface area (Å²) in [4.78, 5) is 11.8. The minimum Gasteiger partial charge on any atom is -0.481 e. The summed E-state index contributed by atoms with van der Waals surface area (Å²) in [6.45, 7) is 6.23. The molecule has 1 unspecified atom stereocenters. The van der Waals surface area contributed by atoms with Crippen molar-refractivity contribution in [1.82, 2.24) is 5.32 Å². The zero-order chi connectivity index (χ0) is 15.9. The topological polar surface area (TPSA) is 58.6 Å². The smallest absolute Gasteiger partial charge is 0.260 e. The summed E-state index contributed by atoms with van der Waals surface area (Å²) in [5, 5.41) is 11.9. The van der Waals surface area contributed by atoms with E-state index in [-0.39, 0.29) is 17.9 Å². The molecule has 118 valence electrons. The highest BCUT2D eigenvalue weighted by atomic mass is 19.1. The van der Waals surface area contributed by atoms with Gasteiger partial charge in [0.15, 0.2) is 6.10 Å². The molecule has 0 aliphatic carbocycles. The monoisotopic (exact) mass is 297 g/mol. The van der Waals surface area contributed by atoms with Crippen molar-refractivity contribution < 1.29 is 19.0 Å². The van der Waals surface area contributed by atoms with Gasteiger partial charge in [-0.1, -0.05) is 19.9 Å². The van der Waals surface area contributed by atoms with Gasteiger partial charge in [0.05, 0.1) is 0 Å². The molecule has 5 heteroatoms. The first-order chi connectivity index (χ1) is 9.84. The molecule has 0 aliphatic rings. The predicted molar refractivity (Wildman–Crippen MR) is 79.6 cm³/mol. The van der Waals surface area contributed by atoms with Gasteiger partial charge in [0.25, 0.3) is 5.91 Å². The zero-order valence-electron chi connectivity index (χ0n) is 12.9. The maximum absolute atomic E-state index is 13.0. The van der Waals surface area contributed by atoms with Gasteiger partial charge in [-0.2, -0.15) is 0 Å². The molecule has 1 amide bonds. The number of nitrogens with one attached hydrogen (secondary N) is 1. The molecule has 0 bridgehead atoms. The van der Waals surface area contributed by atoms with E-state index in [0.717, 1.165) is 12.8 Å². The van der Waals surface area contributed by atoms with E-state index in [4.69, 9.17) is 9.84 Å². The number of carbonyl (C=O) groups excluding carboxylic acids is 1. The van der Waals surface area contributed by atoms with Crippen LogP contribution >= 0.6 is 0 Å². The molecule has 0 radical (unpaired) electrons. The van der Waals surface area contributed by atoms with Crippen LogP contribution in [0.15, 0.2) is 24.3 Å². The number of hydrogen-bond acceptors (Lipinski definition) is 3. The fourth-order valence-electron chi connectivity index (χ4n) is 1.80. The Kier molecular flexibility index (Phi) is 6.62. The van der Waals surface area contributed by atoms with Crippen molar-refractivity contribution in [3.05, 3.63) is 30.1 Å². The Morgan fingerprint density at radius 2 is 2.19 bits per heavy atom. The molecule has 0 aliphatic heterocycles. The molecule has 1 rings (SSSR count). The van der Waals surface area contributed by atoms with Gasteiger partial charge in [-0.3, -0.25) is 4.79 Å².